The smallest absolute Gasteiger partial charge is 0.326 e. The first-order valence-corrected chi connectivity index (χ1v) is 3.33. The van der Waals surface area contributed by atoms with Gasteiger partial charge in [-0.3, -0.25) is 9.59 Å². The minimum Gasteiger partial charge on any atom is -0.480 e. The highest BCUT2D eigenvalue weighted by molar-refractivity contribution is 6.57. The highest BCUT2D eigenvalue weighted by Crippen LogP contribution is 1.94. The molecule has 2 radical (unpaired) electrons. The summed E-state index contributed by atoms with van der Waals surface area (Å²) in [7, 11) is 5.80. The molecule has 0 rings (SSSR count). The number of amides is 1. The quantitative estimate of drug-likeness (QED) is 0.427. The van der Waals surface area contributed by atoms with Gasteiger partial charge in [-0.15, -0.1) is 0 Å². The number of hydrogen-bond acceptors (Lipinski definition) is 4. The van der Waals surface area contributed by atoms with Gasteiger partial charge in [0.05, 0.1) is 13.5 Å². The Labute approximate surface area is 75.7 Å². The average molecular weight is 185 g/mol. The van der Waals surface area contributed by atoms with Crippen molar-refractivity contribution in [2.24, 2.45) is 0 Å². The number of carboxylic acids is 1. The molecule has 2 N–H and O–H groups in total. The van der Waals surface area contributed by atoms with Crippen LogP contribution in [0.4, 0.5) is 4.79 Å². The van der Waals surface area contributed by atoms with E-state index < -0.39 is 30.2 Å². The van der Waals surface area contributed by atoms with Gasteiger partial charge in [-0.1, -0.05) is 0 Å². The molecule has 0 aromatic heterocycles. The third kappa shape index (κ3) is 4.83. The van der Waals surface area contributed by atoms with Crippen LogP contribution in [-0.2, 0) is 14.3 Å². The summed E-state index contributed by atoms with van der Waals surface area (Å²) in [6.07, 6.45) is -0.450. The molecular weight excluding hydrogens is 177 g/mol. The van der Waals surface area contributed by atoms with Gasteiger partial charge in [-0.05, 0) is 0 Å². The minimum absolute atomic E-state index is 0.450. The zero-order valence-corrected chi connectivity index (χ0v) is 6.94. The van der Waals surface area contributed by atoms with Gasteiger partial charge < -0.3 is 15.2 Å². The third-order valence-corrected chi connectivity index (χ3v) is 1.21. The molecule has 0 heterocycles. The van der Waals surface area contributed by atoms with Crippen LogP contribution in [0.3, 0.4) is 0 Å². The summed E-state index contributed by atoms with van der Waals surface area (Å²) < 4.78 is 4.22. The van der Waals surface area contributed by atoms with E-state index >= 15 is 0 Å². The second kappa shape index (κ2) is 5.18. The Morgan fingerprint density at radius 2 is 2.08 bits per heavy atom. The largest absolute Gasteiger partial charge is 0.480 e. The predicted octanol–water partition coefficient (Wildman–Crippen LogP) is -1.12. The number of ether oxygens (including phenoxy) is 1. The Bertz CT molecular complexity index is 229. The zero-order chi connectivity index (χ0) is 10.4. The number of carbonyl (C=O) groups excluding carboxylic acids is 2. The van der Waals surface area contributed by atoms with Crippen LogP contribution in [0.5, 0.6) is 0 Å². The average Bonchev–Trinajstić information content (AvgIpc) is 2.02. The lowest BCUT2D eigenvalue weighted by Gasteiger charge is -2.11. The number of aliphatic carboxylic acids is 1. The Hall–Kier alpha value is -1.53. The van der Waals surface area contributed by atoms with E-state index in [1.54, 1.807) is 0 Å². The first-order chi connectivity index (χ1) is 5.97. The van der Waals surface area contributed by atoms with Crippen molar-refractivity contribution in [3.8, 4) is 0 Å². The Morgan fingerprint density at radius 3 is 2.38 bits per heavy atom. The molecule has 0 saturated heterocycles. The highest BCUT2D eigenvalue weighted by atomic mass is 16.5. The normalized spacial score (nSPS) is 11.5. The van der Waals surface area contributed by atoms with Crippen molar-refractivity contribution in [2.45, 2.75) is 12.5 Å². The van der Waals surface area contributed by atoms with E-state index in [1.807, 2.05) is 5.32 Å². The van der Waals surface area contributed by atoms with Gasteiger partial charge >= 0.3 is 11.9 Å². The maximum absolute atomic E-state index is 10.6. The molecule has 7 heteroatoms. The minimum atomic E-state index is -1.34. The van der Waals surface area contributed by atoms with Crippen molar-refractivity contribution < 1.29 is 24.2 Å². The van der Waals surface area contributed by atoms with Crippen LogP contribution >= 0.6 is 0 Å². The van der Waals surface area contributed by atoms with E-state index in [0.29, 0.717) is 0 Å². The molecule has 0 aliphatic rings. The third-order valence-electron chi connectivity index (χ3n) is 1.21. The van der Waals surface area contributed by atoms with Gasteiger partial charge in [-0.2, -0.15) is 0 Å². The lowest BCUT2D eigenvalue weighted by atomic mass is 10.1. The second-order valence-corrected chi connectivity index (χ2v) is 2.18. The summed E-state index contributed by atoms with van der Waals surface area (Å²) >= 11 is 0. The molecular formula is C6H8BNO5. The maximum Gasteiger partial charge on any atom is 0.326 e. The molecule has 0 fully saturated rings. The lowest BCUT2D eigenvalue weighted by molar-refractivity contribution is -0.147. The summed E-state index contributed by atoms with van der Waals surface area (Å²) in [5, 5.41) is 10.4. The van der Waals surface area contributed by atoms with Crippen molar-refractivity contribution in [3.05, 3.63) is 0 Å². The maximum atomic E-state index is 10.6. The summed E-state index contributed by atoms with van der Waals surface area (Å²) in [4.78, 5) is 31.3. The van der Waals surface area contributed by atoms with Crippen LogP contribution in [-0.4, -0.2) is 43.8 Å². The van der Waals surface area contributed by atoms with Crippen LogP contribution in [0.2, 0.25) is 0 Å². The van der Waals surface area contributed by atoms with Crippen LogP contribution < -0.4 is 5.32 Å². The molecule has 0 aliphatic heterocycles. The summed E-state index contributed by atoms with van der Waals surface area (Å²) in [6.45, 7) is 0. The Kier molecular flexibility index (Phi) is 4.57. The zero-order valence-electron chi connectivity index (χ0n) is 6.94. The fraction of sp³-hybridized carbons (Fsp3) is 0.500. The number of rotatable bonds is 4. The van der Waals surface area contributed by atoms with Gasteiger partial charge in [0.15, 0.2) is 5.81 Å². The van der Waals surface area contributed by atoms with Crippen molar-refractivity contribution in [3.63, 3.8) is 0 Å². The van der Waals surface area contributed by atoms with Crippen LogP contribution in [0.1, 0.15) is 6.42 Å². The van der Waals surface area contributed by atoms with Gasteiger partial charge in [0.25, 0.3) is 0 Å². The molecule has 0 aromatic carbocycles. The standard InChI is InChI=1S/C6H8BNO5/c1-13-4(9)2-3(5(10)11)8-6(7)12/h3H,2H2,1H3,(H,8,12)(H,10,11). The van der Waals surface area contributed by atoms with Crippen molar-refractivity contribution in [1.82, 2.24) is 5.32 Å². The van der Waals surface area contributed by atoms with E-state index in [2.05, 4.69) is 12.6 Å². The molecule has 0 aliphatic carbocycles. The number of hydrogen-bond donors (Lipinski definition) is 2. The first kappa shape index (κ1) is 11.5. The predicted molar refractivity (Wildman–Crippen MR) is 42.3 cm³/mol. The number of esters is 1. The van der Waals surface area contributed by atoms with E-state index in [4.69, 9.17) is 5.11 Å². The van der Waals surface area contributed by atoms with Crippen molar-refractivity contribution in [2.75, 3.05) is 7.11 Å². The van der Waals surface area contributed by atoms with Gasteiger partial charge in [0, 0.05) is 0 Å². The summed E-state index contributed by atoms with van der Waals surface area (Å²) in [5.41, 5.74) is 0. The van der Waals surface area contributed by atoms with E-state index in [-0.39, 0.29) is 0 Å². The molecule has 0 saturated carbocycles. The molecule has 1 atom stereocenters. The topological polar surface area (TPSA) is 92.7 Å². The molecule has 0 bridgehead atoms. The molecule has 0 aromatic rings. The van der Waals surface area contributed by atoms with Crippen LogP contribution in [0, 0.1) is 0 Å². The number of carboxylic acid groups (broad SMARTS) is 1. The fourth-order valence-electron chi connectivity index (χ4n) is 0.622. The molecule has 0 spiro atoms. The highest BCUT2D eigenvalue weighted by Gasteiger charge is 2.21. The monoisotopic (exact) mass is 185 g/mol. The van der Waals surface area contributed by atoms with Gasteiger partial charge in [0.1, 0.15) is 6.04 Å². The summed E-state index contributed by atoms with van der Waals surface area (Å²) in [6, 6.07) is -1.34. The molecule has 70 valence electrons. The van der Waals surface area contributed by atoms with Crippen molar-refractivity contribution in [1.29, 1.82) is 0 Å². The van der Waals surface area contributed by atoms with Gasteiger partial charge in [0.2, 0.25) is 7.85 Å². The molecule has 6 nitrogen and oxygen atoms in total. The number of methoxy groups -OCH3 is 1. The summed E-state index contributed by atoms with van der Waals surface area (Å²) in [5.74, 6) is -3.08. The molecule has 13 heavy (non-hydrogen) atoms. The van der Waals surface area contributed by atoms with E-state index in [1.165, 1.54) is 0 Å². The second-order valence-electron chi connectivity index (χ2n) is 2.18. The van der Waals surface area contributed by atoms with Crippen molar-refractivity contribution >= 4 is 25.6 Å². The number of carbonyl (C=O) groups is 3. The Morgan fingerprint density at radius 1 is 1.54 bits per heavy atom. The van der Waals surface area contributed by atoms with Crippen LogP contribution in [0.15, 0.2) is 0 Å². The van der Waals surface area contributed by atoms with E-state index in [0.717, 1.165) is 7.11 Å². The lowest BCUT2D eigenvalue weighted by Crippen LogP contribution is -2.41. The number of nitrogens with one attached hydrogen (secondary N) is 1. The SMILES string of the molecule is [B]C(=O)NC(CC(=O)OC)C(=O)O. The fourth-order valence-corrected chi connectivity index (χ4v) is 0.622. The molecule has 1 unspecified atom stereocenters. The Balaban J connectivity index is 4.18. The first-order valence-electron chi connectivity index (χ1n) is 3.33. The van der Waals surface area contributed by atoms with Gasteiger partial charge in [-0.25, -0.2) is 4.79 Å². The van der Waals surface area contributed by atoms with Crippen LogP contribution in [0.25, 0.3) is 0 Å². The molecule has 1 amide bonds. The van der Waals surface area contributed by atoms with E-state index in [9.17, 15) is 14.4 Å².